The maximum Gasteiger partial charge on any atom is 0.312 e. The predicted octanol–water partition coefficient (Wildman–Crippen LogP) is 3.06. The van der Waals surface area contributed by atoms with Crippen molar-refractivity contribution in [3.63, 3.8) is 0 Å². The molecule has 2 aromatic carbocycles. The SMILES string of the molecule is COc1cc(C2c3cc4c(cc3C(OC)C3C(=O)OCC23)OCO4)cc(OC)c1OC. The van der Waals surface area contributed by atoms with E-state index < -0.39 is 12.0 Å². The van der Waals surface area contributed by atoms with Crippen molar-refractivity contribution in [1.82, 2.24) is 0 Å². The fraction of sp³-hybridized carbons (Fsp3) is 0.435. The summed E-state index contributed by atoms with van der Waals surface area (Å²) in [7, 11) is 6.35. The summed E-state index contributed by atoms with van der Waals surface area (Å²) in [6.07, 6.45) is -0.428. The third-order valence-electron chi connectivity index (χ3n) is 6.43. The second kappa shape index (κ2) is 7.53. The topological polar surface area (TPSA) is 81.7 Å². The van der Waals surface area contributed by atoms with Crippen LogP contribution in [0.1, 0.15) is 28.7 Å². The molecule has 0 radical (unpaired) electrons. The molecule has 0 bridgehead atoms. The zero-order valence-electron chi connectivity index (χ0n) is 17.8. The fourth-order valence-corrected chi connectivity index (χ4v) is 5.10. The summed E-state index contributed by atoms with van der Waals surface area (Å²) < 4.78 is 39.2. The highest BCUT2D eigenvalue weighted by Gasteiger charge is 2.53. The van der Waals surface area contributed by atoms with Crippen molar-refractivity contribution in [1.29, 1.82) is 0 Å². The van der Waals surface area contributed by atoms with Crippen LogP contribution in [-0.4, -0.2) is 47.8 Å². The van der Waals surface area contributed by atoms with Gasteiger partial charge in [-0.3, -0.25) is 4.79 Å². The molecule has 5 rings (SSSR count). The van der Waals surface area contributed by atoms with Crippen molar-refractivity contribution in [2.45, 2.75) is 12.0 Å². The molecule has 3 aliphatic rings. The lowest BCUT2D eigenvalue weighted by Gasteiger charge is -2.38. The number of fused-ring (bicyclic) bond motifs is 3. The van der Waals surface area contributed by atoms with Crippen molar-refractivity contribution in [3.8, 4) is 28.7 Å². The molecule has 8 heteroatoms. The lowest BCUT2D eigenvalue weighted by atomic mass is 9.66. The zero-order valence-corrected chi connectivity index (χ0v) is 17.8. The van der Waals surface area contributed by atoms with Crippen molar-refractivity contribution >= 4 is 5.97 Å². The molecule has 0 spiro atoms. The van der Waals surface area contributed by atoms with Crippen LogP contribution in [0, 0.1) is 11.8 Å². The van der Waals surface area contributed by atoms with Crippen molar-refractivity contribution < 1.29 is 38.0 Å². The molecule has 8 nitrogen and oxygen atoms in total. The summed E-state index contributed by atoms with van der Waals surface area (Å²) in [5.74, 6) is 1.97. The van der Waals surface area contributed by atoms with E-state index in [0.717, 1.165) is 16.7 Å². The van der Waals surface area contributed by atoms with Crippen LogP contribution in [0.3, 0.4) is 0 Å². The highest BCUT2D eigenvalue weighted by atomic mass is 16.7. The molecule has 0 N–H and O–H groups in total. The normalized spacial score (nSPS) is 25.5. The van der Waals surface area contributed by atoms with Gasteiger partial charge in [0.25, 0.3) is 0 Å². The molecule has 1 aliphatic carbocycles. The van der Waals surface area contributed by atoms with Gasteiger partial charge in [0.2, 0.25) is 12.5 Å². The molecule has 2 aromatic rings. The van der Waals surface area contributed by atoms with E-state index in [-0.39, 0.29) is 24.6 Å². The number of hydrogen-bond acceptors (Lipinski definition) is 8. The molecule has 164 valence electrons. The minimum Gasteiger partial charge on any atom is -0.493 e. The van der Waals surface area contributed by atoms with Gasteiger partial charge in [0.15, 0.2) is 23.0 Å². The maximum atomic E-state index is 12.7. The summed E-state index contributed by atoms with van der Waals surface area (Å²) in [6, 6.07) is 7.75. The molecule has 4 atom stereocenters. The van der Waals surface area contributed by atoms with Gasteiger partial charge in [0.05, 0.1) is 40.0 Å². The summed E-state index contributed by atoms with van der Waals surface area (Å²) in [5.41, 5.74) is 2.83. The molecular weight excluding hydrogens is 404 g/mol. The number of ether oxygens (including phenoxy) is 7. The van der Waals surface area contributed by atoms with E-state index >= 15 is 0 Å². The smallest absolute Gasteiger partial charge is 0.312 e. The Hall–Kier alpha value is -3.13. The van der Waals surface area contributed by atoms with Crippen LogP contribution in [0.5, 0.6) is 28.7 Å². The molecule has 0 amide bonds. The van der Waals surface area contributed by atoms with E-state index in [1.165, 1.54) is 0 Å². The van der Waals surface area contributed by atoms with Crippen LogP contribution in [0.15, 0.2) is 24.3 Å². The number of carbonyl (C=O) groups excluding carboxylic acids is 1. The minimum atomic E-state index is -0.429. The first kappa shape index (κ1) is 19.8. The Balaban J connectivity index is 1.74. The van der Waals surface area contributed by atoms with Gasteiger partial charge in [-0.2, -0.15) is 0 Å². The van der Waals surface area contributed by atoms with Crippen LogP contribution in [-0.2, 0) is 14.3 Å². The van der Waals surface area contributed by atoms with Crippen LogP contribution < -0.4 is 23.7 Å². The lowest BCUT2D eigenvalue weighted by molar-refractivity contribution is -0.145. The van der Waals surface area contributed by atoms with E-state index in [0.29, 0.717) is 35.4 Å². The van der Waals surface area contributed by atoms with E-state index in [1.807, 2.05) is 24.3 Å². The highest BCUT2D eigenvalue weighted by Crippen LogP contribution is 2.56. The number of methoxy groups -OCH3 is 4. The summed E-state index contributed by atoms with van der Waals surface area (Å²) in [5, 5.41) is 0. The van der Waals surface area contributed by atoms with Gasteiger partial charge >= 0.3 is 5.97 Å². The van der Waals surface area contributed by atoms with Crippen molar-refractivity contribution in [2.24, 2.45) is 11.8 Å². The Labute approximate surface area is 179 Å². The molecule has 0 aromatic heterocycles. The third-order valence-corrected chi connectivity index (χ3v) is 6.43. The van der Waals surface area contributed by atoms with Crippen molar-refractivity contribution in [3.05, 3.63) is 41.0 Å². The Morgan fingerprint density at radius 1 is 0.839 bits per heavy atom. The number of esters is 1. The Morgan fingerprint density at radius 3 is 2.06 bits per heavy atom. The summed E-state index contributed by atoms with van der Waals surface area (Å²) in [4.78, 5) is 12.7. The first-order chi connectivity index (χ1) is 15.1. The number of carbonyl (C=O) groups is 1. The highest BCUT2D eigenvalue weighted by molar-refractivity contribution is 5.78. The maximum absolute atomic E-state index is 12.7. The molecule has 2 heterocycles. The molecule has 2 aliphatic heterocycles. The zero-order chi connectivity index (χ0) is 21.7. The molecule has 1 saturated heterocycles. The second-order valence-corrected chi connectivity index (χ2v) is 7.75. The number of benzene rings is 2. The van der Waals surface area contributed by atoms with E-state index in [4.69, 9.17) is 33.2 Å². The molecule has 1 fully saturated rings. The summed E-state index contributed by atoms with van der Waals surface area (Å²) >= 11 is 0. The first-order valence-electron chi connectivity index (χ1n) is 10.0. The third kappa shape index (κ3) is 2.89. The van der Waals surface area contributed by atoms with Crippen LogP contribution in [0.4, 0.5) is 0 Å². The molecule has 31 heavy (non-hydrogen) atoms. The number of rotatable bonds is 5. The van der Waals surface area contributed by atoms with Gasteiger partial charge < -0.3 is 33.2 Å². The Morgan fingerprint density at radius 2 is 1.48 bits per heavy atom. The fourth-order valence-electron chi connectivity index (χ4n) is 5.10. The minimum absolute atomic E-state index is 0.117. The lowest BCUT2D eigenvalue weighted by Crippen LogP contribution is -2.35. The van der Waals surface area contributed by atoms with Gasteiger partial charge in [-0.25, -0.2) is 0 Å². The van der Waals surface area contributed by atoms with Crippen LogP contribution in [0.2, 0.25) is 0 Å². The largest absolute Gasteiger partial charge is 0.493 e. The van der Waals surface area contributed by atoms with E-state index in [9.17, 15) is 4.79 Å². The number of cyclic esters (lactones) is 1. The quantitative estimate of drug-likeness (QED) is 0.672. The number of hydrogen-bond donors (Lipinski definition) is 0. The Kier molecular flexibility index (Phi) is 4.81. The second-order valence-electron chi connectivity index (χ2n) is 7.75. The van der Waals surface area contributed by atoms with Gasteiger partial charge in [-0.05, 0) is 41.0 Å². The average molecular weight is 428 g/mol. The monoisotopic (exact) mass is 428 g/mol. The van der Waals surface area contributed by atoms with Gasteiger partial charge in [0, 0.05) is 18.9 Å². The molecule has 0 saturated carbocycles. The van der Waals surface area contributed by atoms with Gasteiger partial charge in [-0.1, -0.05) is 0 Å². The standard InChI is InChI=1S/C23H24O8/c1-25-17-5-11(6-18(26-2)22(17)28-4)19-12-7-15-16(31-10-30-15)8-13(12)21(27-3)20-14(19)9-29-23(20)24/h5-8,14,19-21H,9-10H2,1-4H3. The molecule has 4 unspecified atom stereocenters. The van der Waals surface area contributed by atoms with Crippen LogP contribution in [0.25, 0.3) is 0 Å². The van der Waals surface area contributed by atoms with Gasteiger partial charge in [-0.15, -0.1) is 0 Å². The van der Waals surface area contributed by atoms with E-state index in [1.54, 1.807) is 28.4 Å². The van der Waals surface area contributed by atoms with Crippen molar-refractivity contribution in [2.75, 3.05) is 41.8 Å². The molecular formula is C23H24O8. The average Bonchev–Trinajstić information content (AvgIpc) is 3.41. The first-order valence-corrected chi connectivity index (χ1v) is 10.0. The van der Waals surface area contributed by atoms with Crippen LogP contribution >= 0.6 is 0 Å². The summed E-state index contributed by atoms with van der Waals surface area (Å²) in [6.45, 7) is 0.470. The predicted molar refractivity (Wildman–Crippen MR) is 108 cm³/mol. The Bertz CT molecular complexity index is 1010. The van der Waals surface area contributed by atoms with Gasteiger partial charge in [0.1, 0.15) is 0 Å². The van der Waals surface area contributed by atoms with E-state index in [2.05, 4.69) is 0 Å².